The molecule has 12 heavy (non-hydrogen) atoms. The van der Waals surface area contributed by atoms with Crippen LogP contribution in [0.25, 0.3) is 0 Å². The summed E-state index contributed by atoms with van der Waals surface area (Å²) in [6, 6.07) is 0. The van der Waals surface area contributed by atoms with Gasteiger partial charge in [-0.2, -0.15) is 0 Å². The lowest BCUT2D eigenvalue weighted by Crippen LogP contribution is -2.39. The van der Waals surface area contributed by atoms with Crippen LogP contribution < -0.4 is 0 Å². The molecule has 0 saturated carbocycles. The Kier molecular flexibility index (Phi) is 1.27. The second-order valence-electron chi connectivity index (χ2n) is 3.33. The Balaban J connectivity index is 2.57. The first-order valence-corrected chi connectivity index (χ1v) is 4.51. The van der Waals surface area contributed by atoms with Gasteiger partial charge in [0.05, 0.1) is 0 Å². The highest BCUT2D eigenvalue weighted by atomic mass is 32.2. The molecule has 0 bridgehead atoms. The molecule has 64 valence electrons. The average Bonchev–Trinajstić information content (AvgIpc) is 2.37. The summed E-state index contributed by atoms with van der Waals surface area (Å²) in [5.74, 6) is -0.860. The summed E-state index contributed by atoms with van der Waals surface area (Å²) in [6.07, 6.45) is 1.74. The first kappa shape index (κ1) is 7.86. The zero-order valence-corrected chi connectivity index (χ0v) is 7.60. The molecular formula is C8H8O3S. The van der Waals surface area contributed by atoms with Crippen LogP contribution in [0.4, 0.5) is 0 Å². The second kappa shape index (κ2) is 1.93. The molecule has 2 unspecified atom stereocenters. The van der Waals surface area contributed by atoms with E-state index in [9.17, 15) is 9.59 Å². The molecule has 3 nitrogen and oxygen atoms in total. The number of thioether (sulfide) groups is 1. The predicted octanol–water partition coefficient (Wildman–Crippen LogP) is 1.10. The van der Waals surface area contributed by atoms with Crippen molar-refractivity contribution in [2.45, 2.75) is 18.6 Å². The lowest BCUT2D eigenvalue weighted by molar-refractivity contribution is -0.154. The normalized spacial score (nSPS) is 44.8. The van der Waals surface area contributed by atoms with Crippen LogP contribution in [0.5, 0.6) is 0 Å². The summed E-state index contributed by atoms with van der Waals surface area (Å²) in [5.41, 5.74) is -0.755. The molecular weight excluding hydrogens is 176 g/mol. The molecule has 4 heteroatoms. The Labute approximate surface area is 74.2 Å². The smallest absolute Gasteiger partial charge is 0.331 e. The summed E-state index contributed by atoms with van der Waals surface area (Å²) in [4.78, 5) is 22.6. The predicted molar refractivity (Wildman–Crippen MR) is 44.3 cm³/mol. The molecule has 0 aromatic heterocycles. The monoisotopic (exact) mass is 184 g/mol. The summed E-state index contributed by atoms with van der Waals surface area (Å²) in [5, 5.41) is 1.79. The first-order valence-electron chi connectivity index (χ1n) is 3.63. The lowest BCUT2D eigenvalue weighted by Gasteiger charge is -2.24. The molecule has 0 radical (unpaired) electrons. The van der Waals surface area contributed by atoms with Crippen LogP contribution in [-0.2, 0) is 14.3 Å². The van der Waals surface area contributed by atoms with Crippen molar-refractivity contribution >= 4 is 23.7 Å². The number of carbonyl (C=O) groups is 2. The summed E-state index contributed by atoms with van der Waals surface area (Å²) >= 11 is 1.35. The zero-order chi connectivity index (χ0) is 8.98. The van der Waals surface area contributed by atoms with Crippen molar-refractivity contribution in [3.63, 3.8) is 0 Å². The van der Waals surface area contributed by atoms with Crippen molar-refractivity contribution < 1.29 is 14.3 Å². The van der Waals surface area contributed by atoms with Gasteiger partial charge in [-0.15, -0.1) is 11.8 Å². The van der Waals surface area contributed by atoms with Gasteiger partial charge in [-0.1, -0.05) is 6.08 Å². The Morgan fingerprint density at radius 3 is 2.58 bits per heavy atom. The van der Waals surface area contributed by atoms with Crippen LogP contribution in [0.3, 0.4) is 0 Å². The van der Waals surface area contributed by atoms with E-state index < -0.39 is 22.1 Å². The van der Waals surface area contributed by atoms with E-state index in [4.69, 9.17) is 0 Å². The van der Waals surface area contributed by atoms with Crippen molar-refractivity contribution in [3.05, 3.63) is 11.5 Å². The van der Waals surface area contributed by atoms with Crippen LogP contribution in [-0.4, -0.2) is 16.7 Å². The van der Waals surface area contributed by atoms with Crippen molar-refractivity contribution in [2.75, 3.05) is 0 Å². The van der Waals surface area contributed by atoms with E-state index in [0.29, 0.717) is 0 Å². The van der Waals surface area contributed by atoms with Crippen molar-refractivity contribution in [1.82, 2.24) is 0 Å². The molecule has 0 N–H and O–H groups in total. The Hall–Kier alpha value is -0.770. The van der Waals surface area contributed by atoms with Crippen LogP contribution in [0, 0.1) is 5.41 Å². The SMILES string of the molecule is CC12C=CSC1(C)C(=O)OC2=O. The highest BCUT2D eigenvalue weighted by molar-refractivity contribution is 8.04. The van der Waals surface area contributed by atoms with Crippen LogP contribution in [0.15, 0.2) is 11.5 Å². The fraction of sp³-hybridized carbons (Fsp3) is 0.500. The van der Waals surface area contributed by atoms with E-state index in [-0.39, 0.29) is 0 Å². The summed E-state index contributed by atoms with van der Waals surface area (Å²) in [7, 11) is 0. The van der Waals surface area contributed by atoms with Gasteiger partial charge in [-0.25, -0.2) is 4.79 Å². The van der Waals surface area contributed by atoms with Crippen molar-refractivity contribution in [3.8, 4) is 0 Å². The molecule has 2 aliphatic heterocycles. The number of fused-ring (bicyclic) bond motifs is 1. The van der Waals surface area contributed by atoms with E-state index in [1.54, 1.807) is 25.3 Å². The Bertz CT molecular complexity index is 309. The third-order valence-corrected chi connectivity index (χ3v) is 4.03. The van der Waals surface area contributed by atoms with Crippen LogP contribution >= 0.6 is 11.8 Å². The minimum Gasteiger partial charge on any atom is -0.391 e. The minimum absolute atomic E-state index is 0.426. The zero-order valence-electron chi connectivity index (χ0n) is 6.79. The Morgan fingerprint density at radius 1 is 1.33 bits per heavy atom. The highest BCUT2D eigenvalue weighted by Crippen LogP contribution is 2.54. The number of esters is 2. The van der Waals surface area contributed by atoms with Gasteiger partial charge in [0.25, 0.3) is 0 Å². The fourth-order valence-electron chi connectivity index (χ4n) is 1.40. The number of cyclic esters (lactones) is 2. The molecule has 2 aliphatic rings. The molecule has 0 aromatic rings. The van der Waals surface area contributed by atoms with E-state index in [2.05, 4.69) is 4.74 Å². The molecule has 1 saturated heterocycles. The number of carbonyl (C=O) groups excluding carboxylic acids is 2. The van der Waals surface area contributed by atoms with Gasteiger partial charge in [-0.05, 0) is 19.3 Å². The minimum atomic E-state index is -0.755. The molecule has 2 atom stereocenters. The second-order valence-corrected chi connectivity index (χ2v) is 4.66. The van der Waals surface area contributed by atoms with Gasteiger partial charge < -0.3 is 4.74 Å². The first-order chi connectivity index (χ1) is 5.51. The third-order valence-electron chi connectivity index (χ3n) is 2.70. The van der Waals surface area contributed by atoms with Gasteiger partial charge >= 0.3 is 11.9 Å². The van der Waals surface area contributed by atoms with Gasteiger partial charge in [-0.3, -0.25) is 4.79 Å². The highest BCUT2D eigenvalue weighted by Gasteiger charge is 2.64. The van der Waals surface area contributed by atoms with E-state index >= 15 is 0 Å². The maximum atomic E-state index is 11.3. The van der Waals surface area contributed by atoms with E-state index in [1.807, 2.05) is 0 Å². The molecule has 0 aliphatic carbocycles. The fourth-order valence-corrected chi connectivity index (χ4v) is 2.54. The van der Waals surface area contributed by atoms with Gasteiger partial charge in [0.15, 0.2) is 0 Å². The topological polar surface area (TPSA) is 43.4 Å². The van der Waals surface area contributed by atoms with Crippen molar-refractivity contribution in [2.24, 2.45) is 5.41 Å². The number of ether oxygens (including phenoxy) is 1. The maximum absolute atomic E-state index is 11.3. The largest absolute Gasteiger partial charge is 0.391 e. The van der Waals surface area contributed by atoms with Gasteiger partial charge in [0.2, 0.25) is 0 Å². The van der Waals surface area contributed by atoms with Crippen LogP contribution in [0.1, 0.15) is 13.8 Å². The number of hydrogen-bond donors (Lipinski definition) is 0. The lowest BCUT2D eigenvalue weighted by atomic mass is 9.80. The molecule has 2 rings (SSSR count). The molecule has 0 aromatic carbocycles. The standard InChI is InChI=1S/C8H8O3S/c1-7-3-4-12-8(7,2)6(10)11-5(7)9/h3-4H,1-2H3. The quantitative estimate of drug-likeness (QED) is 0.417. The van der Waals surface area contributed by atoms with Gasteiger partial charge in [0, 0.05) is 0 Å². The van der Waals surface area contributed by atoms with E-state index in [1.165, 1.54) is 11.8 Å². The molecule has 1 fully saturated rings. The Morgan fingerprint density at radius 2 is 2.00 bits per heavy atom. The van der Waals surface area contributed by atoms with Crippen molar-refractivity contribution in [1.29, 1.82) is 0 Å². The van der Waals surface area contributed by atoms with E-state index in [0.717, 1.165) is 0 Å². The summed E-state index contributed by atoms with van der Waals surface area (Å²) in [6.45, 7) is 3.47. The average molecular weight is 184 g/mol. The summed E-state index contributed by atoms with van der Waals surface area (Å²) < 4.78 is 3.85. The molecule has 0 spiro atoms. The molecule has 0 amide bonds. The number of rotatable bonds is 0. The van der Waals surface area contributed by atoms with Gasteiger partial charge in [0.1, 0.15) is 10.2 Å². The maximum Gasteiger partial charge on any atom is 0.331 e. The van der Waals surface area contributed by atoms with Crippen LogP contribution in [0.2, 0.25) is 0 Å². The number of hydrogen-bond acceptors (Lipinski definition) is 4. The third kappa shape index (κ3) is 0.602. The molecule has 2 heterocycles.